The monoisotopic (exact) mass is 255 g/mol. The van der Waals surface area contributed by atoms with Gasteiger partial charge in [-0.2, -0.15) is 11.8 Å². The largest absolute Gasteiger partial charge is 0.464 e. The molecular weight excluding hydrogens is 234 g/mol. The maximum absolute atomic E-state index is 5.70. The molecule has 2 rings (SSSR count). The summed E-state index contributed by atoms with van der Waals surface area (Å²) in [6, 6.07) is 4.73. The summed E-state index contributed by atoms with van der Waals surface area (Å²) >= 11 is 1.78. The minimum Gasteiger partial charge on any atom is -0.464 e. The number of thioether (sulfide) groups is 1. The average molecular weight is 255 g/mol. The summed E-state index contributed by atoms with van der Waals surface area (Å²) in [6.07, 6.45) is 4.82. The Hall–Kier alpha value is -0.450. The highest BCUT2D eigenvalue weighted by Gasteiger charge is 2.28. The van der Waals surface area contributed by atoms with Gasteiger partial charge in [0.1, 0.15) is 11.5 Å². The first-order chi connectivity index (χ1) is 8.31. The highest BCUT2D eigenvalue weighted by molar-refractivity contribution is 7.97. The second-order valence-corrected chi connectivity index (χ2v) is 5.29. The summed E-state index contributed by atoms with van der Waals surface area (Å²) in [7, 11) is 0. The first-order valence-corrected chi connectivity index (χ1v) is 7.62. The molecule has 0 aromatic carbocycles. The van der Waals surface area contributed by atoms with Crippen molar-refractivity contribution in [3.8, 4) is 0 Å². The van der Waals surface area contributed by atoms with Crippen LogP contribution < -0.4 is 5.32 Å². The molecule has 0 bridgehead atoms. The van der Waals surface area contributed by atoms with Gasteiger partial charge in [0.05, 0.1) is 18.4 Å². The first kappa shape index (κ1) is 13.0. The number of hydrogen-bond donors (Lipinski definition) is 1. The minimum atomic E-state index is 0.473. The van der Waals surface area contributed by atoms with Crippen molar-refractivity contribution in [2.75, 3.05) is 12.9 Å². The van der Waals surface area contributed by atoms with Crippen molar-refractivity contribution >= 4 is 11.8 Å². The van der Waals surface area contributed by atoms with Crippen LogP contribution in [0.15, 0.2) is 16.5 Å². The van der Waals surface area contributed by atoms with Crippen LogP contribution in [0, 0.1) is 0 Å². The van der Waals surface area contributed by atoms with E-state index in [0.29, 0.717) is 12.1 Å². The Morgan fingerprint density at radius 1 is 1.41 bits per heavy atom. The molecule has 0 spiro atoms. The van der Waals surface area contributed by atoms with Crippen molar-refractivity contribution in [3.63, 3.8) is 0 Å². The lowest BCUT2D eigenvalue weighted by Crippen LogP contribution is -2.45. The third kappa shape index (κ3) is 3.76. The van der Waals surface area contributed by atoms with Crippen LogP contribution in [0.5, 0.6) is 0 Å². The zero-order chi connectivity index (χ0) is 12.1. The Bertz CT molecular complexity index is 334. The average Bonchev–Trinajstić information content (AvgIpc) is 2.70. The summed E-state index contributed by atoms with van der Waals surface area (Å²) in [5, 5.41) is 3.50. The quantitative estimate of drug-likeness (QED) is 0.812. The number of ether oxygens (including phenoxy) is 1. The van der Waals surface area contributed by atoms with E-state index in [1.54, 1.807) is 11.8 Å². The lowest BCUT2D eigenvalue weighted by molar-refractivity contribution is -0.0105. The number of rotatable bonds is 7. The van der Waals surface area contributed by atoms with Crippen molar-refractivity contribution < 1.29 is 9.15 Å². The maximum Gasteiger partial charge on any atom is 0.118 e. The van der Waals surface area contributed by atoms with Crippen LogP contribution in [0.4, 0.5) is 0 Å². The van der Waals surface area contributed by atoms with Crippen LogP contribution in [0.3, 0.4) is 0 Å². The molecule has 1 aliphatic rings. The normalized spacial score (nSPS) is 23.6. The molecule has 4 heteroatoms. The lowest BCUT2D eigenvalue weighted by atomic mass is 9.89. The van der Waals surface area contributed by atoms with Gasteiger partial charge >= 0.3 is 0 Å². The van der Waals surface area contributed by atoms with Crippen LogP contribution in [-0.2, 0) is 17.0 Å². The van der Waals surface area contributed by atoms with Gasteiger partial charge in [0.25, 0.3) is 0 Å². The highest BCUT2D eigenvalue weighted by atomic mass is 32.2. The van der Waals surface area contributed by atoms with E-state index in [4.69, 9.17) is 9.15 Å². The van der Waals surface area contributed by atoms with Gasteiger partial charge in [0, 0.05) is 12.6 Å². The van der Waals surface area contributed by atoms with Crippen molar-refractivity contribution in [2.24, 2.45) is 0 Å². The van der Waals surface area contributed by atoms with Gasteiger partial charge in [-0.05, 0) is 38.2 Å². The van der Waals surface area contributed by atoms with Crippen LogP contribution >= 0.6 is 11.8 Å². The van der Waals surface area contributed by atoms with Crippen LogP contribution in [-0.4, -0.2) is 25.0 Å². The highest BCUT2D eigenvalue weighted by Crippen LogP contribution is 2.23. The third-order valence-electron chi connectivity index (χ3n) is 3.07. The van der Waals surface area contributed by atoms with Gasteiger partial charge in [0.15, 0.2) is 0 Å². The van der Waals surface area contributed by atoms with Gasteiger partial charge in [-0.3, -0.25) is 0 Å². The second-order valence-electron chi connectivity index (χ2n) is 4.43. The molecule has 1 heterocycles. The summed E-state index contributed by atoms with van der Waals surface area (Å²) < 4.78 is 11.2. The molecule has 17 heavy (non-hydrogen) atoms. The van der Waals surface area contributed by atoms with E-state index < -0.39 is 0 Å². The van der Waals surface area contributed by atoms with Crippen LogP contribution in [0.25, 0.3) is 0 Å². The van der Waals surface area contributed by atoms with Gasteiger partial charge in [-0.25, -0.2) is 0 Å². The van der Waals surface area contributed by atoms with E-state index in [2.05, 4.69) is 30.6 Å². The van der Waals surface area contributed by atoms with Crippen LogP contribution in [0.1, 0.15) is 31.3 Å². The molecule has 96 valence electrons. The van der Waals surface area contributed by atoms with Crippen molar-refractivity contribution in [3.05, 3.63) is 23.7 Å². The molecule has 1 aromatic heterocycles. The van der Waals surface area contributed by atoms with Gasteiger partial charge in [0.2, 0.25) is 0 Å². The maximum atomic E-state index is 5.70. The number of furan rings is 1. The van der Waals surface area contributed by atoms with Crippen molar-refractivity contribution in [1.82, 2.24) is 5.32 Å². The topological polar surface area (TPSA) is 34.4 Å². The molecule has 0 atom stereocenters. The molecule has 0 unspecified atom stereocenters. The molecule has 0 amide bonds. The fourth-order valence-corrected chi connectivity index (χ4v) is 2.53. The van der Waals surface area contributed by atoms with E-state index in [0.717, 1.165) is 43.3 Å². The molecule has 3 nitrogen and oxygen atoms in total. The molecule has 0 saturated heterocycles. The molecule has 1 N–H and O–H groups in total. The fourth-order valence-electron chi connectivity index (χ4n) is 2.09. The molecule has 0 aliphatic heterocycles. The molecule has 1 aliphatic carbocycles. The lowest BCUT2D eigenvalue weighted by Gasteiger charge is -2.35. The molecule has 1 saturated carbocycles. The van der Waals surface area contributed by atoms with E-state index in [9.17, 15) is 0 Å². The second kappa shape index (κ2) is 6.47. The molecule has 1 aromatic rings. The fraction of sp³-hybridized carbons (Fsp3) is 0.692. The van der Waals surface area contributed by atoms with E-state index in [1.807, 2.05) is 0 Å². The first-order valence-electron chi connectivity index (χ1n) is 6.23. The van der Waals surface area contributed by atoms with Gasteiger partial charge < -0.3 is 14.5 Å². The smallest absolute Gasteiger partial charge is 0.118 e. The molecule has 1 fully saturated rings. The summed E-state index contributed by atoms with van der Waals surface area (Å²) in [6.45, 7) is 3.71. The predicted molar refractivity (Wildman–Crippen MR) is 71.2 cm³/mol. The number of nitrogens with one attached hydrogen (secondary N) is 1. The van der Waals surface area contributed by atoms with E-state index >= 15 is 0 Å². The Balaban J connectivity index is 1.65. The Labute approximate surface area is 107 Å². The van der Waals surface area contributed by atoms with E-state index in [1.165, 1.54) is 0 Å². The molecule has 0 radical (unpaired) electrons. The van der Waals surface area contributed by atoms with Crippen LogP contribution in [0.2, 0.25) is 0 Å². The standard InChI is InChI=1S/C13H21NO2S/c1-3-15-13-6-10(7-13)14-8-11-4-5-12(16-11)9-17-2/h4-5,10,13-14H,3,6-9H2,1-2H3. The van der Waals surface area contributed by atoms with Gasteiger partial charge in [-0.15, -0.1) is 0 Å². The third-order valence-corrected chi connectivity index (χ3v) is 3.64. The number of hydrogen-bond acceptors (Lipinski definition) is 4. The summed E-state index contributed by atoms with van der Waals surface area (Å²) in [4.78, 5) is 0. The predicted octanol–water partition coefficient (Wildman–Crippen LogP) is 2.80. The zero-order valence-corrected chi connectivity index (χ0v) is 11.4. The summed E-state index contributed by atoms with van der Waals surface area (Å²) in [5.74, 6) is 3.06. The Morgan fingerprint density at radius 2 is 2.18 bits per heavy atom. The van der Waals surface area contributed by atoms with Gasteiger partial charge in [-0.1, -0.05) is 0 Å². The van der Waals surface area contributed by atoms with Crippen molar-refractivity contribution in [2.45, 2.75) is 44.2 Å². The minimum absolute atomic E-state index is 0.473. The molecular formula is C13H21NO2S. The Morgan fingerprint density at radius 3 is 2.88 bits per heavy atom. The SMILES string of the molecule is CCOC1CC(NCc2ccc(CSC)o2)C1. The summed E-state index contributed by atoms with van der Waals surface area (Å²) in [5.41, 5.74) is 0. The van der Waals surface area contributed by atoms with E-state index in [-0.39, 0.29) is 0 Å². The van der Waals surface area contributed by atoms with Crippen molar-refractivity contribution in [1.29, 1.82) is 0 Å². The zero-order valence-electron chi connectivity index (χ0n) is 10.6. The Kier molecular flexibility index (Phi) is 4.95.